The molecule has 0 radical (unpaired) electrons. The summed E-state index contributed by atoms with van der Waals surface area (Å²) in [5, 5.41) is 11.6. The van der Waals surface area contributed by atoms with Crippen molar-refractivity contribution in [3.8, 4) is 39.1 Å². The van der Waals surface area contributed by atoms with Gasteiger partial charge in [0.25, 0.3) is 0 Å². The van der Waals surface area contributed by atoms with Gasteiger partial charge in [-0.3, -0.25) is 0 Å². The lowest BCUT2D eigenvalue weighted by Crippen LogP contribution is -2.27. The number of aromatic hydroxyl groups is 1. The van der Waals surface area contributed by atoms with Gasteiger partial charge in [-0.25, -0.2) is 0 Å². The van der Waals surface area contributed by atoms with Crippen molar-refractivity contribution in [2.24, 2.45) is 0 Å². The van der Waals surface area contributed by atoms with E-state index in [4.69, 9.17) is 0 Å². The molecule has 1 N–H and O–H groups in total. The Morgan fingerprint density at radius 3 is 1.63 bits per heavy atom. The Kier molecular flexibility index (Phi) is 7.94. The Bertz CT molecular complexity index is 1330. The zero-order valence-corrected chi connectivity index (χ0v) is 23.3. The molecule has 0 aliphatic heterocycles. The maximum atomic E-state index is 9.93. The largest absolute Gasteiger partial charge is 0.508 e. The summed E-state index contributed by atoms with van der Waals surface area (Å²) in [6.45, 7) is 0. The first-order valence-electron chi connectivity index (χ1n) is 14.6. The molecule has 0 unspecified atom stereocenters. The van der Waals surface area contributed by atoms with Crippen LogP contribution in [0.25, 0.3) is 33.4 Å². The van der Waals surface area contributed by atoms with E-state index in [9.17, 15) is 5.11 Å². The summed E-state index contributed by atoms with van der Waals surface area (Å²) in [6, 6.07) is 34.8. The first kappa shape index (κ1) is 25.4. The first-order valence-corrected chi connectivity index (χ1v) is 16.1. The summed E-state index contributed by atoms with van der Waals surface area (Å²) in [4.78, 5) is 0. The van der Waals surface area contributed by atoms with Crippen molar-refractivity contribution < 1.29 is 5.11 Å². The maximum absolute atomic E-state index is 9.93. The van der Waals surface area contributed by atoms with Crippen LogP contribution < -0.4 is 5.30 Å². The molecule has 0 atom stereocenters. The summed E-state index contributed by atoms with van der Waals surface area (Å²) in [6.07, 6.45) is 14.3. The van der Waals surface area contributed by atoms with Gasteiger partial charge in [0.1, 0.15) is 5.75 Å². The topological polar surface area (TPSA) is 20.2 Å². The van der Waals surface area contributed by atoms with E-state index in [1.165, 1.54) is 86.5 Å². The number of hydrogen-bond acceptors (Lipinski definition) is 1. The molecule has 194 valence electrons. The normalized spacial score (nSPS) is 17.1. The Balaban J connectivity index is 1.32. The average Bonchev–Trinajstić information content (AvgIpc) is 2.99. The standard InChI is InChI=1S/C36H39OP/c37-32-14-10-13-31(26-32)30-12-9-11-29(25-30)27-21-23-28(24-22-27)35-19-7-8-20-36(35)38(33-15-3-1-4-16-33)34-17-5-2-6-18-34/h7-14,19-26,33-34,37H,1-6,15-18H2. The fourth-order valence-electron chi connectivity index (χ4n) is 6.76. The molecule has 2 heteroatoms. The van der Waals surface area contributed by atoms with E-state index < -0.39 is 0 Å². The number of hydrogen-bond donors (Lipinski definition) is 1. The highest BCUT2D eigenvalue weighted by Crippen LogP contribution is 2.56. The minimum atomic E-state index is -0.141. The summed E-state index contributed by atoms with van der Waals surface area (Å²) in [5.74, 6) is 0.303. The first-order chi connectivity index (χ1) is 18.8. The smallest absolute Gasteiger partial charge is 0.116 e. The second-order valence-electron chi connectivity index (χ2n) is 11.2. The molecule has 0 amide bonds. The molecule has 2 saturated carbocycles. The van der Waals surface area contributed by atoms with Crippen molar-refractivity contribution in [3.05, 3.63) is 97.1 Å². The molecule has 0 heterocycles. The number of phenols is 1. The van der Waals surface area contributed by atoms with Crippen molar-refractivity contribution in [1.29, 1.82) is 0 Å². The van der Waals surface area contributed by atoms with Crippen LogP contribution in [0.3, 0.4) is 0 Å². The second-order valence-corrected chi connectivity index (χ2v) is 14.0. The van der Waals surface area contributed by atoms with Crippen LogP contribution in [-0.4, -0.2) is 16.4 Å². The molecule has 0 saturated heterocycles. The maximum Gasteiger partial charge on any atom is 0.116 e. The minimum absolute atomic E-state index is 0.141. The van der Waals surface area contributed by atoms with Gasteiger partial charge < -0.3 is 5.11 Å². The van der Waals surface area contributed by atoms with E-state index in [1.807, 2.05) is 12.1 Å². The Hall–Kier alpha value is -2.89. The van der Waals surface area contributed by atoms with Crippen LogP contribution in [0.2, 0.25) is 0 Å². The van der Waals surface area contributed by atoms with Crippen LogP contribution in [0.1, 0.15) is 64.2 Å². The lowest BCUT2D eigenvalue weighted by molar-refractivity contribution is 0.475. The Labute approximate surface area is 229 Å². The molecule has 38 heavy (non-hydrogen) atoms. The highest BCUT2D eigenvalue weighted by molar-refractivity contribution is 7.67. The van der Waals surface area contributed by atoms with Crippen LogP contribution in [0.5, 0.6) is 5.75 Å². The summed E-state index contributed by atoms with van der Waals surface area (Å²) >= 11 is 0. The second kappa shape index (κ2) is 11.9. The van der Waals surface area contributed by atoms with Gasteiger partial charge in [0.15, 0.2) is 0 Å². The quantitative estimate of drug-likeness (QED) is 0.252. The highest BCUT2D eigenvalue weighted by atomic mass is 31.1. The van der Waals surface area contributed by atoms with Gasteiger partial charge in [-0.05, 0) is 93.9 Å². The fraction of sp³-hybridized carbons (Fsp3) is 0.333. The molecular weight excluding hydrogens is 479 g/mol. The van der Waals surface area contributed by atoms with Gasteiger partial charge in [0, 0.05) is 0 Å². The third-order valence-electron chi connectivity index (χ3n) is 8.69. The summed E-state index contributed by atoms with van der Waals surface area (Å²) in [7, 11) is -0.141. The number of benzene rings is 4. The third kappa shape index (κ3) is 5.60. The lowest BCUT2D eigenvalue weighted by atomic mass is 9.97. The average molecular weight is 519 g/mol. The third-order valence-corrected chi connectivity index (χ3v) is 12.2. The van der Waals surface area contributed by atoms with Gasteiger partial charge in [-0.1, -0.05) is 125 Å². The SMILES string of the molecule is Oc1cccc(-c2cccc(-c3ccc(-c4ccccc4P(C4CCCCC4)C4CCCCC4)cc3)c2)c1. The number of rotatable bonds is 6. The molecule has 0 bridgehead atoms. The summed E-state index contributed by atoms with van der Waals surface area (Å²) < 4.78 is 0. The molecule has 2 aliphatic carbocycles. The molecule has 0 spiro atoms. The molecule has 2 fully saturated rings. The van der Waals surface area contributed by atoms with E-state index in [0.717, 1.165) is 22.4 Å². The Morgan fingerprint density at radius 1 is 0.474 bits per heavy atom. The molecule has 4 aromatic carbocycles. The van der Waals surface area contributed by atoms with Crippen LogP contribution in [0.15, 0.2) is 97.1 Å². The molecule has 0 aromatic heterocycles. The van der Waals surface area contributed by atoms with Crippen LogP contribution in [0, 0.1) is 0 Å². The van der Waals surface area contributed by atoms with Gasteiger partial charge in [-0.2, -0.15) is 0 Å². The van der Waals surface area contributed by atoms with Crippen LogP contribution in [-0.2, 0) is 0 Å². The predicted octanol–water partition coefficient (Wildman–Crippen LogP) is 10.2. The van der Waals surface area contributed by atoms with E-state index in [0.29, 0.717) is 5.75 Å². The molecule has 1 nitrogen and oxygen atoms in total. The van der Waals surface area contributed by atoms with Gasteiger partial charge in [-0.15, -0.1) is 0 Å². The lowest BCUT2D eigenvalue weighted by Gasteiger charge is -2.39. The van der Waals surface area contributed by atoms with Crippen molar-refractivity contribution in [1.82, 2.24) is 0 Å². The van der Waals surface area contributed by atoms with Crippen molar-refractivity contribution in [3.63, 3.8) is 0 Å². The highest BCUT2D eigenvalue weighted by Gasteiger charge is 2.33. The zero-order valence-electron chi connectivity index (χ0n) is 22.4. The minimum Gasteiger partial charge on any atom is -0.508 e. The molecule has 2 aliphatic rings. The fourth-order valence-corrected chi connectivity index (χ4v) is 10.7. The van der Waals surface area contributed by atoms with Gasteiger partial charge in [0.05, 0.1) is 0 Å². The monoisotopic (exact) mass is 518 g/mol. The van der Waals surface area contributed by atoms with E-state index in [-0.39, 0.29) is 7.92 Å². The summed E-state index contributed by atoms with van der Waals surface area (Å²) in [5.41, 5.74) is 9.23. The van der Waals surface area contributed by atoms with Crippen molar-refractivity contribution in [2.45, 2.75) is 75.5 Å². The molecule has 4 aromatic rings. The van der Waals surface area contributed by atoms with Crippen LogP contribution >= 0.6 is 7.92 Å². The zero-order chi connectivity index (χ0) is 25.7. The van der Waals surface area contributed by atoms with E-state index in [1.54, 1.807) is 11.4 Å². The van der Waals surface area contributed by atoms with Gasteiger partial charge >= 0.3 is 0 Å². The number of phenolic OH excluding ortho intramolecular Hbond substituents is 1. The van der Waals surface area contributed by atoms with Crippen molar-refractivity contribution in [2.75, 3.05) is 0 Å². The molecule has 6 rings (SSSR count). The van der Waals surface area contributed by atoms with Gasteiger partial charge in [0.2, 0.25) is 0 Å². The Morgan fingerprint density at radius 2 is 1.00 bits per heavy atom. The van der Waals surface area contributed by atoms with E-state index in [2.05, 4.69) is 78.9 Å². The van der Waals surface area contributed by atoms with Crippen molar-refractivity contribution >= 4 is 13.2 Å². The molecular formula is C36H39OP. The van der Waals surface area contributed by atoms with E-state index >= 15 is 0 Å². The van der Waals surface area contributed by atoms with Crippen LogP contribution in [0.4, 0.5) is 0 Å². The predicted molar refractivity (Wildman–Crippen MR) is 165 cm³/mol.